The van der Waals surface area contributed by atoms with Crippen LogP contribution in [-0.2, 0) is 6.54 Å². The highest BCUT2D eigenvalue weighted by molar-refractivity contribution is 5.81. The summed E-state index contributed by atoms with van der Waals surface area (Å²) in [5.74, 6) is 0.148. The third-order valence-electron chi connectivity index (χ3n) is 2.93. The highest BCUT2D eigenvalue weighted by Crippen LogP contribution is 2.29. The first-order chi connectivity index (χ1) is 9.76. The number of fused-ring (bicyclic) bond motifs is 1. The highest BCUT2D eigenvalue weighted by Gasteiger charge is 2.09. The minimum Gasteiger partial charge on any atom is -0.495 e. The summed E-state index contributed by atoms with van der Waals surface area (Å²) in [5.41, 5.74) is 2.74. The van der Waals surface area contributed by atoms with Crippen molar-refractivity contribution in [3.63, 3.8) is 0 Å². The summed E-state index contributed by atoms with van der Waals surface area (Å²) in [5, 5.41) is 3.22. The Labute approximate surface area is 114 Å². The summed E-state index contributed by atoms with van der Waals surface area (Å²) >= 11 is 0. The molecule has 0 spiro atoms. The third kappa shape index (κ3) is 2.35. The van der Waals surface area contributed by atoms with E-state index >= 15 is 0 Å². The molecule has 20 heavy (non-hydrogen) atoms. The van der Waals surface area contributed by atoms with E-state index in [2.05, 4.69) is 15.3 Å². The first-order valence-corrected chi connectivity index (χ1v) is 6.11. The van der Waals surface area contributed by atoms with E-state index in [0.29, 0.717) is 23.4 Å². The minimum atomic E-state index is -0.482. The fraction of sp³-hybridized carbons (Fsp3) is 0.143. The molecule has 1 aromatic carbocycles. The lowest BCUT2D eigenvalue weighted by Crippen LogP contribution is -2.02. The molecule has 3 rings (SSSR count). The van der Waals surface area contributed by atoms with Crippen LogP contribution in [0.2, 0.25) is 0 Å². The Bertz CT molecular complexity index is 777. The van der Waals surface area contributed by atoms with Gasteiger partial charge in [-0.2, -0.15) is 0 Å². The van der Waals surface area contributed by atoms with Gasteiger partial charge in [0.25, 0.3) is 0 Å². The van der Waals surface area contributed by atoms with Gasteiger partial charge < -0.3 is 14.5 Å². The highest BCUT2D eigenvalue weighted by atomic mass is 16.5. The molecule has 0 amide bonds. The Morgan fingerprint density at radius 1 is 1.40 bits per heavy atom. The van der Waals surface area contributed by atoms with Crippen LogP contribution in [-0.4, -0.2) is 17.1 Å². The molecule has 0 fully saturated rings. The zero-order valence-corrected chi connectivity index (χ0v) is 10.8. The monoisotopic (exact) mass is 271 g/mol. The lowest BCUT2D eigenvalue weighted by Gasteiger charge is -2.10. The van der Waals surface area contributed by atoms with E-state index in [1.54, 1.807) is 25.4 Å². The van der Waals surface area contributed by atoms with Gasteiger partial charge in [0, 0.05) is 18.3 Å². The molecule has 0 aliphatic rings. The maximum atomic E-state index is 11.2. The average molecular weight is 271 g/mol. The number of anilines is 1. The number of hydrogen-bond donors (Lipinski definition) is 2. The number of aromatic amines is 1. The second kappa shape index (κ2) is 5.08. The van der Waals surface area contributed by atoms with Crippen molar-refractivity contribution in [2.24, 2.45) is 0 Å². The van der Waals surface area contributed by atoms with E-state index in [-0.39, 0.29) is 0 Å². The molecular formula is C14H13N3O3. The largest absolute Gasteiger partial charge is 0.495 e. The van der Waals surface area contributed by atoms with E-state index < -0.39 is 5.76 Å². The normalized spacial score (nSPS) is 10.7. The van der Waals surface area contributed by atoms with Gasteiger partial charge in [-0.3, -0.25) is 9.97 Å². The second-order valence-electron chi connectivity index (χ2n) is 4.24. The van der Waals surface area contributed by atoms with E-state index in [9.17, 15) is 4.79 Å². The predicted octanol–water partition coefficient (Wildman–Crippen LogP) is 2.14. The van der Waals surface area contributed by atoms with Crippen LogP contribution in [0.25, 0.3) is 11.1 Å². The van der Waals surface area contributed by atoms with Gasteiger partial charge in [-0.1, -0.05) is 6.07 Å². The smallest absolute Gasteiger partial charge is 0.417 e. The Balaban J connectivity index is 1.91. The molecule has 0 saturated carbocycles. The zero-order valence-electron chi connectivity index (χ0n) is 10.8. The summed E-state index contributed by atoms with van der Waals surface area (Å²) in [4.78, 5) is 18.0. The topological polar surface area (TPSA) is 80.2 Å². The van der Waals surface area contributed by atoms with Crippen LogP contribution in [0.3, 0.4) is 0 Å². The number of ether oxygens (including phenoxy) is 1. The molecule has 0 bridgehead atoms. The fourth-order valence-electron chi connectivity index (χ4n) is 1.97. The van der Waals surface area contributed by atoms with Crippen LogP contribution in [0, 0.1) is 0 Å². The molecule has 0 aliphatic heterocycles. The fourth-order valence-corrected chi connectivity index (χ4v) is 1.97. The molecule has 2 aromatic heterocycles. The molecule has 6 nitrogen and oxygen atoms in total. The summed E-state index contributed by atoms with van der Waals surface area (Å²) in [6.45, 7) is 0.553. The quantitative estimate of drug-likeness (QED) is 0.760. The SMILES string of the molecule is COc1cc2[nH]c(=O)oc2cc1NCc1ccccn1. The summed E-state index contributed by atoms with van der Waals surface area (Å²) in [7, 11) is 1.57. The minimum absolute atomic E-state index is 0.482. The lowest BCUT2D eigenvalue weighted by atomic mass is 10.2. The molecule has 0 radical (unpaired) electrons. The number of rotatable bonds is 4. The molecule has 2 N–H and O–H groups in total. The number of benzene rings is 1. The molecule has 3 aromatic rings. The first-order valence-electron chi connectivity index (χ1n) is 6.11. The van der Waals surface area contributed by atoms with E-state index in [1.807, 2.05) is 18.2 Å². The standard InChI is InChI=1S/C14H13N3O3/c1-19-12-7-11-13(20-14(18)17-11)6-10(12)16-8-9-4-2-3-5-15-9/h2-7,16H,8H2,1H3,(H,17,18). The van der Waals surface area contributed by atoms with Gasteiger partial charge in [0.2, 0.25) is 0 Å². The number of nitrogens with zero attached hydrogens (tertiary/aromatic N) is 1. The van der Waals surface area contributed by atoms with Crippen molar-refractivity contribution in [2.45, 2.75) is 6.54 Å². The Kier molecular flexibility index (Phi) is 3.12. The van der Waals surface area contributed by atoms with Gasteiger partial charge in [0.05, 0.1) is 30.6 Å². The van der Waals surface area contributed by atoms with Gasteiger partial charge in [0.15, 0.2) is 5.58 Å². The average Bonchev–Trinajstić information content (AvgIpc) is 2.84. The number of nitrogens with one attached hydrogen (secondary N) is 2. The van der Waals surface area contributed by atoms with E-state index in [4.69, 9.17) is 9.15 Å². The van der Waals surface area contributed by atoms with Crippen molar-refractivity contribution in [1.29, 1.82) is 0 Å². The van der Waals surface area contributed by atoms with Crippen LogP contribution in [0.5, 0.6) is 5.75 Å². The zero-order chi connectivity index (χ0) is 13.9. The number of H-pyrrole nitrogens is 1. The number of hydrogen-bond acceptors (Lipinski definition) is 5. The van der Waals surface area contributed by atoms with E-state index in [1.165, 1.54) is 0 Å². The maximum absolute atomic E-state index is 11.2. The second-order valence-corrected chi connectivity index (χ2v) is 4.24. The molecule has 0 aliphatic carbocycles. The van der Waals surface area contributed by atoms with Gasteiger partial charge in [-0.15, -0.1) is 0 Å². The van der Waals surface area contributed by atoms with Gasteiger partial charge >= 0.3 is 5.76 Å². The van der Waals surface area contributed by atoms with Crippen LogP contribution in [0.4, 0.5) is 5.69 Å². The van der Waals surface area contributed by atoms with Crippen molar-refractivity contribution in [1.82, 2.24) is 9.97 Å². The third-order valence-corrected chi connectivity index (χ3v) is 2.93. The van der Waals surface area contributed by atoms with Gasteiger partial charge in [0.1, 0.15) is 5.75 Å². The van der Waals surface area contributed by atoms with Crippen LogP contribution in [0.15, 0.2) is 45.7 Å². The van der Waals surface area contributed by atoms with Crippen molar-refractivity contribution < 1.29 is 9.15 Å². The number of methoxy groups -OCH3 is 1. The molecular weight excluding hydrogens is 258 g/mol. The van der Waals surface area contributed by atoms with Crippen molar-refractivity contribution in [3.8, 4) is 5.75 Å². The molecule has 0 unspecified atom stereocenters. The van der Waals surface area contributed by atoms with Crippen molar-refractivity contribution in [2.75, 3.05) is 12.4 Å². The number of aromatic nitrogens is 2. The number of oxazole rings is 1. The Morgan fingerprint density at radius 2 is 2.30 bits per heavy atom. The maximum Gasteiger partial charge on any atom is 0.417 e. The predicted molar refractivity (Wildman–Crippen MR) is 75.0 cm³/mol. The van der Waals surface area contributed by atoms with Gasteiger partial charge in [-0.25, -0.2) is 4.79 Å². The van der Waals surface area contributed by atoms with Gasteiger partial charge in [-0.05, 0) is 12.1 Å². The van der Waals surface area contributed by atoms with Crippen LogP contribution < -0.4 is 15.8 Å². The van der Waals surface area contributed by atoms with E-state index in [0.717, 1.165) is 11.4 Å². The molecule has 6 heteroatoms. The van der Waals surface area contributed by atoms with Crippen molar-refractivity contribution in [3.05, 3.63) is 52.8 Å². The summed E-state index contributed by atoms with van der Waals surface area (Å²) in [6.07, 6.45) is 1.74. The van der Waals surface area contributed by atoms with Crippen LogP contribution >= 0.6 is 0 Å². The molecule has 102 valence electrons. The summed E-state index contributed by atoms with van der Waals surface area (Å²) in [6, 6.07) is 9.17. The van der Waals surface area contributed by atoms with Crippen LogP contribution in [0.1, 0.15) is 5.69 Å². The first kappa shape index (κ1) is 12.3. The lowest BCUT2D eigenvalue weighted by molar-refractivity contribution is 0.417. The number of pyridine rings is 1. The molecule has 0 atom stereocenters. The van der Waals surface area contributed by atoms with Crippen molar-refractivity contribution >= 4 is 16.8 Å². The Morgan fingerprint density at radius 3 is 3.05 bits per heavy atom. The summed E-state index contributed by atoms with van der Waals surface area (Å²) < 4.78 is 10.3. The molecule has 2 heterocycles. The molecule has 0 saturated heterocycles. The Hall–Kier alpha value is -2.76.